The summed E-state index contributed by atoms with van der Waals surface area (Å²) in [6.07, 6.45) is 0.337. The van der Waals surface area contributed by atoms with Crippen molar-refractivity contribution in [2.45, 2.75) is 45.6 Å². The minimum atomic E-state index is -0.661. The highest BCUT2D eigenvalue weighted by Gasteiger charge is 2.24. The zero-order chi connectivity index (χ0) is 14.7. The lowest BCUT2D eigenvalue weighted by Crippen LogP contribution is -2.29. The highest BCUT2D eigenvalue weighted by atomic mass is 16.6. The number of hydrogen-bond acceptors (Lipinski definition) is 3. The molecule has 0 radical (unpaired) electrons. The van der Waals surface area contributed by atoms with Crippen molar-refractivity contribution in [2.75, 3.05) is 5.32 Å². The molecule has 0 unspecified atom stereocenters. The minimum Gasteiger partial charge on any atom is -0.444 e. The Labute approximate surface area is 114 Å². The Bertz CT molecular complexity index is 473. The predicted octanol–water partition coefficient (Wildman–Crippen LogP) is 3.51. The van der Waals surface area contributed by atoms with E-state index in [1.807, 2.05) is 12.1 Å². The van der Waals surface area contributed by atoms with E-state index in [1.165, 1.54) is 0 Å². The summed E-state index contributed by atoms with van der Waals surface area (Å²) in [5, 5.41) is 2.69. The fourth-order valence-corrected chi connectivity index (χ4v) is 1.63. The summed E-state index contributed by atoms with van der Waals surface area (Å²) < 4.78 is 5.20. The first-order valence-electron chi connectivity index (χ1n) is 6.21. The van der Waals surface area contributed by atoms with Gasteiger partial charge in [0.05, 0.1) is 0 Å². The maximum Gasteiger partial charge on any atom is 0.412 e. The minimum absolute atomic E-state index is 0.526. The van der Waals surface area contributed by atoms with Gasteiger partial charge in [-0.3, -0.25) is 5.32 Å². The van der Waals surface area contributed by atoms with Crippen LogP contribution in [-0.2, 0) is 14.9 Å². The average Bonchev–Trinajstić information content (AvgIpc) is 2.27. The maximum absolute atomic E-state index is 11.8. The van der Waals surface area contributed by atoms with Crippen molar-refractivity contribution in [3.8, 4) is 0 Å². The van der Waals surface area contributed by atoms with Crippen LogP contribution >= 0.6 is 0 Å². The van der Waals surface area contributed by atoms with E-state index in [4.69, 9.17) is 4.74 Å². The van der Waals surface area contributed by atoms with Gasteiger partial charge in [0.15, 0.2) is 0 Å². The van der Waals surface area contributed by atoms with Crippen molar-refractivity contribution in [3.63, 3.8) is 0 Å². The second kappa shape index (κ2) is 5.43. The topological polar surface area (TPSA) is 55.4 Å². The molecule has 0 spiro atoms. The summed E-state index contributed by atoms with van der Waals surface area (Å²) in [5.41, 5.74) is 0.134. The Hall–Kier alpha value is -1.84. The molecule has 0 saturated heterocycles. The van der Waals surface area contributed by atoms with E-state index >= 15 is 0 Å². The van der Waals surface area contributed by atoms with Crippen LogP contribution in [0.15, 0.2) is 24.3 Å². The van der Waals surface area contributed by atoms with Crippen molar-refractivity contribution in [3.05, 3.63) is 29.8 Å². The fraction of sp³-hybridized carbons (Fsp3) is 0.467. The van der Waals surface area contributed by atoms with Crippen molar-refractivity contribution < 1.29 is 14.3 Å². The summed E-state index contributed by atoms with van der Waals surface area (Å²) in [6.45, 7) is 9.00. The molecule has 0 fully saturated rings. The number of anilines is 1. The second-order valence-electron chi connectivity index (χ2n) is 6.01. The van der Waals surface area contributed by atoms with Crippen molar-refractivity contribution in [1.82, 2.24) is 0 Å². The molecule has 104 valence electrons. The van der Waals surface area contributed by atoms with Gasteiger partial charge in [-0.1, -0.05) is 18.2 Å². The molecular formula is C15H21NO3. The normalized spacial score (nSPS) is 11.8. The lowest BCUT2D eigenvalue weighted by atomic mass is 9.85. The van der Waals surface area contributed by atoms with E-state index in [-0.39, 0.29) is 0 Å². The van der Waals surface area contributed by atoms with Crippen molar-refractivity contribution in [2.24, 2.45) is 0 Å². The van der Waals surface area contributed by atoms with E-state index in [0.717, 1.165) is 11.8 Å². The van der Waals surface area contributed by atoms with Gasteiger partial charge < -0.3 is 9.53 Å². The third-order valence-corrected chi connectivity index (χ3v) is 2.55. The number of nitrogens with one attached hydrogen (secondary N) is 1. The molecule has 19 heavy (non-hydrogen) atoms. The highest BCUT2D eigenvalue weighted by Crippen LogP contribution is 2.28. The molecule has 1 amide bonds. The molecular weight excluding hydrogens is 242 g/mol. The lowest BCUT2D eigenvalue weighted by molar-refractivity contribution is -0.111. The SMILES string of the molecule is CC(C)(C)OC(=O)Nc1ccccc1C(C)(C)C=O. The van der Waals surface area contributed by atoms with Crippen molar-refractivity contribution in [1.29, 1.82) is 0 Å². The summed E-state index contributed by atoms with van der Waals surface area (Å²) in [5.74, 6) is 0. The van der Waals surface area contributed by atoms with Gasteiger partial charge in [0, 0.05) is 11.1 Å². The van der Waals surface area contributed by atoms with Crippen LogP contribution in [0.1, 0.15) is 40.2 Å². The van der Waals surface area contributed by atoms with Crippen LogP contribution in [0.5, 0.6) is 0 Å². The summed E-state index contributed by atoms with van der Waals surface area (Å²) in [4.78, 5) is 22.9. The Morgan fingerprint density at radius 1 is 1.16 bits per heavy atom. The van der Waals surface area contributed by atoms with Gasteiger partial charge in [-0.2, -0.15) is 0 Å². The number of hydrogen-bond donors (Lipinski definition) is 1. The quantitative estimate of drug-likeness (QED) is 0.849. The molecule has 0 saturated carbocycles. The third kappa shape index (κ3) is 4.39. The highest BCUT2D eigenvalue weighted by molar-refractivity contribution is 5.87. The first-order valence-corrected chi connectivity index (χ1v) is 6.21. The third-order valence-electron chi connectivity index (χ3n) is 2.55. The van der Waals surface area contributed by atoms with Crippen LogP contribution in [0.25, 0.3) is 0 Å². The van der Waals surface area contributed by atoms with E-state index in [2.05, 4.69) is 5.32 Å². The summed E-state index contributed by atoms with van der Waals surface area (Å²) >= 11 is 0. The van der Waals surface area contributed by atoms with E-state index in [9.17, 15) is 9.59 Å². The first kappa shape index (κ1) is 15.2. The zero-order valence-corrected chi connectivity index (χ0v) is 12.1. The Morgan fingerprint density at radius 2 is 1.74 bits per heavy atom. The van der Waals surface area contributed by atoms with E-state index in [0.29, 0.717) is 5.69 Å². The van der Waals surface area contributed by atoms with E-state index < -0.39 is 17.1 Å². The molecule has 4 heteroatoms. The maximum atomic E-state index is 11.8. The molecule has 0 aliphatic rings. The largest absolute Gasteiger partial charge is 0.444 e. The Kier molecular flexibility index (Phi) is 4.35. The molecule has 0 bridgehead atoms. The van der Waals surface area contributed by atoms with E-state index in [1.54, 1.807) is 46.8 Å². The number of rotatable bonds is 3. The van der Waals surface area contributed by atoms with Crippen LogP contribution < -0.4 is 5.32 Å². The lowest BCUT2D eigenvalue weighted by Gasteiger charge is -2.23. The second-order valence-corrected chi connectivity index (χ2v) is 6.01. The molecule has 1 N–H and O–H groups in total. The molecule has 1 aromatic rings. The monoisotopic (exact) mass is 263 g/mol. The molecule has 0 atom stereocenters. The Morgan fingerprint density at radius 3 is 2.26 bits per heavy atom. The molecule has 0 heterocycles. The number of aldehydes is 1. The smallest absolute Gasteiger partial charge is 0.412 e. The molecule has 0 aliphatic heterocycles. The van der Waals surface area contributed by atoms with Gasteiger partial charge in [0.1, 0.15) is 11.9 Å². The van der Waals surface area contributed by atoms with Crippen LogP contribution in [0, 0.1) is 0 Å². The predicted molar refractivity (Wildman–Crippen MR) is 75.4 cm³/mol. The van der Waals surface area contributed by atoms with Gasteiger partial charge in [-0.25, -0.2) is 4.79 Å². The first-order chi connectivity index (χ1) is 8.65. The van der Waals surface area contributed by atoms with Gasteiger partial charge in [-0.05, 0) is 46.2 Å². The molecule has 1 aromatic carbocycles. The van der Waals surface area contributed by atoms with Crippen molar-refractivity contribution >= 4 is 18.1 Å². The van der Waals surface area contributed by atoms with Gasteiger partial charge in [0.25, 0.3) is 0 Å². The van der Waals surface area contributed by atoms with Gasteiger partial charge in [0.2, 0.25) is 0 Å². The summed E-state index contributed by atoms with van der Waals surface area (Å²) in [6, 6.07) is 7.21. The fourth-order valence-electron chi connectivity index (χ4n) is 1.63. The average molecular weight is 263 g/mol. The molecule has 1 rings (SSSR count). The number of ether oxygens (including phenoxy) is 1. The number of carbonyl (C=O) groups is 2. The standard InChI is InChI=1S/C15H21NO3/c1-14(2,3)19-13(18)16-12-9-7-6-8-11(12)15(4,5)10-17/h6-10H,1-5H3,(H,16,18). The number of benzene rings is 1. The van der Waals surface area contributed by atoms with Crippen LogP contribution in [0.4, 0.5) is 10.5 Å². The zero-order valence-electron chi connectivity index (χ0n) is 12.1. The van der Waals surface area contributed by atoms with Gasteiger partial charge >= 0.3 is 6.09 Å². The molecule has 0 aromatic heterocycles. The number of para-hydroxylation sites is 1. The van der Waals surface area contributed by atoms with Crippen LogP contribution in [-0.4, -0.2) is 18.0 Å². The van der Waals surface area contributed by atoms with Crippen LogP contribution in [0.2, 0.25) is 0 Å². The summed E-state index contributed by atoms with van der Waals surface area (Å²) in [7, 11) is 0. The number of amides is 1. The van der Waals surface area contributed by atoms with Gasteiger partial charge in [-0.15, -0.1) is 0 Å². The van der Waals surface area contributed by atoms with Crippen LogP contribution in [0.3, 0.4) is 0 Å². The number of carbonyl (C=O) groups excluding carboxylic acids is 2. The Balaban J connectivity index is 2.97. The molecule has 0 aliphatic carbocycles. The molecule has 4 nitrogen and oxygen atoms in total.